The van der Waals surface area contributed by atoms with E-state index in [4.69, 9.17) is 4.74 Å². The molecule has 0 radical (unpaired) electrons. The zero-order valence-electron chi connectivity index (χ0n) is 11.0. The number of hydrogen-bond acceptors (Lipinski definition) is 3. The van der Waals surface area contributed by atoms with Gasteiger partial charge in [-0.25, -0.2) is 4.79 Å². The summed E-state index contributed by atoms with van der Waals surface area (Å²) in [6, 6.07) is 0.135. The van der Waals surface area contributed by atoms with Crippen LogP contribution >= 0.6 is 0 Å². The zero-order chi connectivity index (χ0) is 12.4. The summed E-state index contributed by atoms with van der Waals surface area (Å²) in [5.74, 6) is 0. The Bertz CT molecular complexity index is 256. The van der Waals surface area contributed by atoms with E-state index in [0.29, 0.717) is 0 Å². The molecule has 1 atom stereocenters. The highest BCUT2D eigenvalue weighted by molar-refractivity contribution is 5.68. The quantitative estimate of drug-likeness (QED) is 0.720. The molecule has 1 heterocycles. The molecule has 0 bridgehead atoms. The van der Waals surface area contributed by atoms with Crippen LogP contribution < -0.4 is 10.6 Å². The number of ether oxygens (including phenoxy) is 1. The molecule has 0 spiro atoms. The summed E-state index contributed by atoms with van der Waals surface area (Å²) in [4.78, 5) is 11.7. The minimum atomic E-state index is -0.434. The molecular weight excluding hydrogens is 204 g/mol. The van der Waals surface area contributed by atoms with Crippen molar-refractivity contribution in [3.63, 3.8) is 0 Å². The Morgan fingerprint density at radius 1 is 1.44 bits per heavy atom. The highest BCUT2D eigenvalue weighted by Gasteiger charge is 2.34. The van der Waals surface area contributed by atoms with Gasteiger partial charge < -0.3 is 15.4 Å². The largest absolute Gasteiger partial charge is 0.444 e. The lowest BCUT2D eigenvalue weighted by molar-refractivity contribution is 0.0434. The molecule has 4 nitrogen and oxygen atoms in total. The summed E-state index contributed by atoms with van der Waals surface area (Å²) in [6.45, 7) is 11.8. The van der Waals surface area contributed by atoms with Crippen molar-refractivity contribution in [3.05, 3.63) is 0 Å². The number of carbonyl (C=O) groups excluding carboxylic acids is 1. The summed E-state index contributed by atoms with van der Waals surface area (Å²) in [7, 11) is 0. The lowest BCUT2D eigenvalue weighted by Gasteiger charge is -2.39. The maximum atomic E-state index is 11.7. The van der Waals surface area contributed by atoms with Crippen LogP contribution in [0.25, 0.3) is 0 Å². The molecule has 94 valence electrons. The van der Waals surface area contributed by atoms with Gasteiger partial charge in [-0.1, -0.05) is 13.8 Å². The second-order valence-corrected chi connectivity index (χ2v) is 6.14. The maximum absolute atomic E-state index is 11.7. The molecule has 0 aromatic carbocycles. The van der Waals surface area contributed by atoms with Crippen molar-refractivity contribution < 1.29 is 9.53 Å². The van der Waals surface area contributed by atoms with Gasteiger partial charge in [0.1, 0.15) is 5.60 Å². The molecule has 0 saturated carbocycles. The van der Waals surface area contributed by atoms with Crippen LogP contribution in [0, 0.1) is 5.41 Å². The van der Waals surface area contributed by atoms with E-state index in [2.05, 4.69) is 24.5 Å². The maximum Gasteiger partial charge on any atom is 0.407 e. The number of hydrogen-bond donors (Lipinski definition) is 2. The Balaban J connectivity index is 2.49. The molecule has 1 saturated heterocycles. The number of piperidine rings is 1. The number of amides is 1. The molecule has 0 aromatic heterocycles. The van der Waals surface area contributed by atoms with E-state index >= 15 is 0 Å². The second kappa shape index (κ2) is 4.62. The molecule has 1 aliphatic rings. The molecule has 1 fully saturated rings. The normalized spacial score (nSPS) is 24.9. The fraction of sp³-hybridized carbons (Fsp3) is 0.917. The predicted octanol–water partition coefficient (Wildman–Crippen LogP) is 1.90. The first-order valence-corrected chi connectivity index (χ1v) is 5.91. The third-order valence-electron chi connectivity index (χ3n) is 2.93. The van der Waals surface area contributed by atoms with Crippen LogP contribution in [0.4, 0.5) is 4.79 Å². The lowest BCUT2D eigenvalue weighted by Crippen LogP contribution is -2.55. The van der Waals surface area contributed by atoms with E-state index in [1.54, 1.807) is 0 Å². The highest BCUT2D eigenvalue weighted by Crippen LogP contribution is 2.27. The smallest absolute Gasteiger partial charge is 0.407 e. The fourth-order valence-corrected chi connectivity index (χ4v) is 1.80. The fourth-order valence-electron chi connectivity index (χ4n) is 1.80. The van der Waals surface area contributed by atoms with Gasteiger partial charge in [-0.3, -0.25) is 0 Å². The average molecular weight is 228 g/mol. The number of carbonyl (C=O) groups is 1. The van der Waals surface area contributed by atoms with Crippen molar-refractivity contribution in [3.8, 4) is 0 Å². The standard InChI is InChI=1S/C12H24N2O2/c1-11(2,3)16-10(15)14-9-8-13-7-6-12(9,4)5/h9,13H,6-8H2,1-5H3,(H,14,15). The molecule has 0 aliphatic carbocycles. The molecule has 16 heavy (non-hydrogen) atoms. The third kappa shape index (κ3) is 4.00. The van der Waals surface area contributed by atoms with Crippen LogP contribution in [-0.4, -0.2) is 30.8 Å². The first kappa shape index (κ1) is 13.3. The SMILES string of the molecule is CC(C)(C)OC(=O)NC1CNCCC1(C)C. The summed E-state index contributed by atoms with van der Waals surface area (Å²) in [5, 5.41) is 6.23. The van der Waals surface area contributed by atoms with Gasteiger partial charge >= 0.3 is 6.09 Å². The first-order valence-electron chi connectivity index (χ1n) is 5.91. The Morgan fingerprint density at radius 3 is 2.56 bits per heavy atom. The summed E-state index contributed by atoms with van der Waals surface area (Å²) in [6.07, 6.45) is 0.738. The zero-order valence-corrected chi connectivity index (χ0v) is 11.0. The van der Waals surface area contributed by atoms with Crippen molar-refractivity contribution in [2.75, 3.05) is 13.1 Å². The van der Waals surface area contributed by atoms with Gasteiger partial charge in [0.25, 0.3) is 0 Å². The predicted molar refractivity (Wildman–Crippen MR) is 64.4 cm³/mol. The lowest BCUT2D eigenvalue weighted by atomic mass is 9.79. The van der Waals surface area contributed by atoms with Crippen molar-refractivity contribution >= 4 is 6.09 Å². The first-order chi connectivity index (χ1) is 7.21. The van der Waals surface area contributed by atoms with Crippen molar-refractivity contribution in [2.45, 2.75) is 52.7 Å². The van der Waals surface area contributed by atoms with Gasteiger partial charge in [-0.15, -0.1) is 0 Å². The number of nitrogens with one attached hydrogen (secondary N) is 2. The average Bonchev–Trinajstić information content (AvgIpc) is 2.05. The molecule has 1 rings (SSSR count). The van der Waals surface area contributed by atoms with Crippen molar-refractivity contribution in [2.24, 2.45) is 5.41 Å². The van der Waals surface area contributed by atoms with Crippen LogP contribution in [0.1, 0.15) is 41.0 Å². The monoisotopic (exact) mass is 228 g/mol. The van der Waals surface area contributed by atoms with Crippen LogP contribution in [0.3, 0.4) is 0 Å². The van der Waals surface area contributed by atoms with E-state index in [-0.39, 0.29) is 17.6 Å². The molecule has 1 aliphatic heterocycles. The van der Waals surface area contributed by atoms with E-state index in [1.165, 1.54) is 0 Å². The minimum Gasteiger partial charge on any atom is -0.444 e. The Hall–Kier alpha value is -0.770. The minimum absolute atomic E-state index is 0.127. The van der Waals surface area contributed by atoms with Crippen LogP contribution in [-0.2, 0) is 4.74 Å². The van der Waals surface area contributed by atoms with Crippen molar-refractivity contribution in [1.82, 2.24) is 10.6 Å². The molecule has 0 aromatic rings. The number of alkyl carbamates (subject to hydrolysis) is 1. The van der Waals surface area contributed by atoms with Gasteiger partial charge in [0, 0.05) is 12.6 Å². The van der Waals surface area contributed by atoms with Gasteiger partial charge in [-0.05, 0) is 39.2 Å². The Morgan fingerprint density at radius 2 is 2.06 bits per heavy atom. The Kier molecular flexibility index (Phi) is 3.84. The topological polar surface area (TPSA) is 50.4 Å². The molecule has 2 N–H and O–H groups in total. The van der Waals surface area contributed by atoms with Crippen molar-refractivity contribution in [1.29, 1.82) is 0 Å². The number of rotatable bonds is 1. The highest BCUT2D eigenvalue weighted by atomic mass is 16.6. The van der Waals surface area contributed by atoms with Gasteiger partial charge in [-0.2, -0.15) is 0 Å². The van der Waals surface area contributed by atoms with Crippen LogP contribution in [0.5, 0.6) is 0 Å². The summed E-state index contributed by atoms with van der Waals surface area (Å²) in [5.41, 5.74) is -0.307. The van der Waals surface area contributed by atoms with Gasteiger partial charge in [0.05, 0.1) is 0 Å². The molecule has 1 unspecified atom stereocenters. The van der Waals surface area contributed by atoms with E-state index in [9.17, 15) is 4.79 Å². The van der Waals surface area contributed by atoms with Crippen LogP contribution in [0.15, 0.2) is 0 Å². The van der Waals surface area contributed by atoms with Gasteiger partial charge in [0.15, 0.2) is 0 Å². The van der Waals surface area contributed by atoms with Gasteiger partial charge in [0.2, 0.25) is 0 Å². The molecular formula is C12H24N2O2. The van der Waals surface area contributed by atoms with E-state index < -0.39 is 5.60 Å². The summed E-state index contributed by atoms with van der Waals surface area (Å²) < 4.78 is 5.26. The van der Waals surface area contributed by atoms with E-state index in [0.717, 1.165) is 19.5 Å². The van der Waals surface area contributed by atoms with E-state index in [1.807, 2.05) is 20.8 Å². The molecule has 4 heteroatoms. The Labute approximate surface area is 98.1 Å². The van der Waals surface area contributed by atoms with Crippen LogP contribution in [0.2, 0.25) is 0 Å². The second-order valence-electron chi connectivity index (χ2n) is 6.14. The third-order valence-corrected chi connectivity index (χ3v) is 2.93. The summed E-state index contributed by atoms with van der Waals surface area (Å²) >= 11 is 0. The molecule has 1 amide bonds.